The average molecular weight is 430 g/mol. The molecule has 168 valence electrons. The molecule has 0 radical (unpaired) electrons. The quantitative estimate of drug-likeness (QED) is 0.681. The molecule has 2 aromatic carbocycles. The number of carbonyl (C=O) groups excluding carboxylic acids is 1. The summed E-state index contributed by atoms with van der Waals surface area (Å²) in [6.07, 6.45) is 3.12. The minimum Gasteiger partial charge on any atom is -0.497 e. The summed E-state index contributed by atoms with van der Waals surface area (Å²) in [5.74, 6) is 1.47. The van der Waals surface area contributed by atoms with Crippen molar-refractivity contribution in [3.8, 4) is 11.5 Å². The minimum absolute atomic E-state index is 0.171. The van der Waals surface area contributed by atoms with Crippen LogP contribution in [0.1, 0.15) is 18.4 Å². The molecule has 1 atom stereocenters. The number of ether oxygens (including phenoxy) is 2. The highest BCUT2D eigenvalue weighted by molar-refractivity contribution is 5.91. The number of nitrogens with one attached hydrogen (secondary N) is 1. The molecule has 1 saturated heterocycles. The molecule has 6 nitrogen and oxygen atoms in total. The maximum Gasteiger partial charge on any atom is 0.321 e. The van der Waals surface area contributed by atoms with Crippen molar-refractivity contribution in [1.82, 2.24) is 9.80 Å². The maximum absolute atomic E-state index is 13.1. The SMILES string of the molecule is COc1ccc(OC)c(NC(=O)N(C)C[C@H]2CCCN(CCc3ccc(F)cc3)C2)c1. The number of benzene rings is 2. The van der Waals surface area contributed by atoms with Gasteiger partial charge in [-0.3, -0.25) is 0 Å². The molecule has 31 heavy (non-hydrogen) atoms. The Morgan fingerprint density at radius 2 is 1.97 bits per heavy atom. The number of rotatable bonds is 8. The van der Waals surface area contributed by atoms with Crippen LogP contribution in [-0.4, -0.2) is 63.3 Å². The second kappa shape index (κ2) is 11.0. The lowest BCUT2D eigenvalue weighted by Crippen LogP contribution is -2.43. The van der Waals surface area contributed by atoms with Gasteiger partial charge in [0.1, 0.15) is 17.3 Å². The van der Waals surface area contributed by atoms with E-state index < -0.39 is 0 Å². The van der Waals surface area contributed by atoms with Gasteiger partial charge in [-0.15, -0.1) is 0 Å². The number of hydrogen-bond acceptors (Lipinski definition) is 4. The number of carbonyl (C=O) groups is 1. The van der Waals surface area contributed by atoms with E-state index in [1.165, 1.54) is 12.1 Å². The summed E-state index contributed by atoms with van der Waals surface area (Å²) in [4.78, 5) is 16.9. The third kappa shape index (κ3) is 6.59. The summed E-state index contributed by atoms with van der Waals surface area (Å²) in [5, 5.41) is 2.93. The van der Waals surface area contributed by atoms with Gasteiger partial charge >= 0.3 is 6.03 Å². The van der Waals surface area contributed by atoms with Gasteiger partial charge in [0.15, 0.2) is 0 Å². The highest BCUT2D eigenvalue weighted by Gasteiger charge is 2.23. The summed E-state index contributed by atoms with van der Waals surface area (Å²) in [6, 6.07) is 11.9. The molecule has 1 fully saturated rings. The van der Waals surface area contributed by atoms with Crippen LogP contribution in [0.5, 0.6) is 11.5 Å². The lowest BCUT2D eigenvalue weighted by atomic mass is 9.97. The second-order valence-corrected chi connectivity index (χ2v) is 8.06. The third-order valence-electron chi connectivity index (χ3n) is 5.76. The Labute approximate surface area is 183 Å². The van der Waals surface area contributed by atoms with Crippen LogP contribution in [0.3, 0.4) is 0 Å². The number of piperidine rings is 1. The van der Waals surface area contributed by atoms with E-state index in [1.807, 2.05) is 19.2 Å². The van der Waals surface area contributed by atoms with E-state index >= 15 is 0 Å². The lowest BCUT2D eigenvalue weighted by molar-refractivity contribution is 0.150. The first-order chi connectivity index (χ1) is 15.0. The van der Waals surface area contributed by atoms with Crippen LogP contribution in [0, 0.1) is 11.7 Å². The van der Waals surface area contributed by atoms with Crippen molar-refractivity contribution in [2.24, 2.45) is 5.92 Å². The number of methoxy groups -OCH3 is 2. The summed E-state index contributed by atoms with van der Waals surface area (Å²) >= 11 is 0. The summed E-state index contributed by atoms with van der Waals surface area (Å²) in [7, 11) is 4.98. The van der Waals surface area contributed by atoms with E-state index in [2.05, 4.69) is 10.2 Å². The molecular weight excluding hydrogens is 397 g/mol. The number of urea groups is 1. The smallest absolute Gasteiger partial charge is 0.321 e. The Morgan fingerprint density at radius 3 is 2.68 bits per heavy atom. The van der Waals surface area contributed by atoms with E-state index in [1.54, 1.807) is 37.3 Å². The molecule has 1 heterocycles. The zero-order valence-corrected chi connectivity index (χ0v) is 18.6. The summed E-state index contributed by atoms with van der Waals surface area (Å²) in [5.41, 5.74) is 1.73. The number of anilines is 1. The van der Waals surface area contributed by atoms with E-state index in [-0.39, 0.29) is 11.8 Å². The molecule has 0 aromatic heterocycles. The van der Waals surface area contributed by atoms with Gasteiger partial charge in [-0.05, 0) is 61.6 Å². The predicted molar refractivity (Wildman–Crippen MR) is 120 cm³/mol. The molecule has 0 aliphatic carbocycles. The van der Waals surface area contributed by atoms with E-state index in [0.717, 1.165) is 44.5 Å². The van der Waals surface area contributed by atoms with Crippen LogP contribution < -0.4 is 14.8 Å². The fourth-order valence-corrected chi connectivity index (χ4v) is 4.03. The fourth-order valence-electron chi connectivity index (χ4n) is 4.03. The van der Waals surface area contributed by atoms with Crippen molar-refractivity contribution in [2.75, 3.05) is 52.8 Å². The monoisotopic (exact) mass is 429 g/mol. The molecule has 2 amide bonds. The Hall–Kier alpha value is -2.80. The lowest BCUT2D eigenvalue weighted by Gasteiger charge is -2.34. The predicted octanol–water partition coefficient (Wildman–Crippen LogP) is 4.26. The first-order valence-electron chi connectivity index (χ1n) is 10.7. The van der Waals surface area contributed by atoms with Crippen LogP contribution in [0.15, 0.2) is 42.5 Å². The van der Waals surface area contributed by atoms with Gasteiger partial charge in [0.25, 0.3) is 0 Å². The molecule has 3 rings (SSSR count). The molecule has 1 N–H and O–H groups in total. The first-order valence-corrected chi connectivity index (χ1v) is 10.7. The Bertz CT molecular complexity index is 860. The topological polar surface area (TPSA) is 54.0 Å². The number of hydrogen-bond donors (Lipinski definition) is 1. The molecular formula is C24H32FN3O3. The van der Waals surface area contributed by atoms with Gasteiger partial charge in [-0.1, -0.05) is 12.1 Å². The highest BCUT2D eigenvalue weighted by atomic mass is 19.1. The fraction of sp³-hybridized carbons (Fsp3) is 0.458. The number of amides is 2. The van der Waals surface area contributed by atoms with Crippen LogP contribution in [0.4, 0.5) is 14.9 Å². The van der Waals surface area contributed by atoms with Crippen LogP contribution in [-0.2, 0) is 6.42 Å². The van der Waals surface area contributed by atoms with E-state index in [4.69, 9.17) is 9.47 Å². The Morgan fingerprint density at radius 1 is 1.19 bits per heavy atom. The van der Waals surface area contributed by atoms with Crippen LogP contribution in [0.25, 0.3) is 0 Å². The van der Waals surface area contributed by atoms with Gasteiger partial charge in [0.2, 0.25) is 0 Å². The van der Waals surface area contributed by atoms with Gasteiger partial charge in [-0.2, -0.15) is 0 Å². The third-order valence-corrected chi connectivity index (χ3v) is 5.76. The summed E-state index contributed by atoms with van der Waals surface area (Å²) < 4.78 is 23.7. The highest BCUT2D eigenvalue weighted by Crippen LogP contribution is 2.29. The standard InChI is InChI=1S/C24H32FN3O3/c1-27(24(29)26-22-15-21(30-2)10-11-23(22)31-3)16-19-5-4-13-28(17-19)14-12-18-6-8-20(25)9-7-18/h6-11,15,19H,4-5,12-14,16-17H2,1-3H3,(H,26,29)/t19-/m1/s1. The van der Waals surface area contributed by atoms with Gasteiger partial charge in [-0.25, -0.2) is 9.18 Å². The first kappa shape index (κ1) is 22.9. The Kier molecular flexibility index (Phi) is 8.12. The number of nitrogens with zero attached hydrogens (tertiary/aromatic N) is 2. The largest absolute Gasteiger partial charge is 0.497 e. The molecule has 0 unspecified atom stereocenters. The van der Waals surface area contributed by atoms with Crippen molar-refractivity contribution >= 4 is 11.7 Å². The van der Waals surface area contributed by atoms with Crippen molar-refractivity contribution in [1.29, 1.82) is 0 Å². The normalized spacial score (nSPS) is 16.6. The zero-order chi connectivity index (χ0) is 22.2. The Balaban J connectivity index is 1.50. The van der Waals surface area contributed by atoms with Gasteiger partial charge in [0, 0.05) is 32.7 Å². The number of halogens is 1. The molecule has 2 aromatic rings. The minimum atomic E-state index is -0.199. The second-order valence-electron chi connectivity index (χ2n) is 8.06. The van der Waals surface area contributed by atoms with E-state index in [0.29, 0.717) is 29.6 Å². The average Bonchev–Trinajstić information content (AvgIpc) is 2.78. The molecule has 0 spiro atoms. The van der Waals surface area contributed by atoms with Crippen LogP contribution >= 0.6 is 0 Å². The van der Waals surface area contributed by atoms with Crippen molar-refractivity contribution in [3.05, 3.63) is 53.8 Å². The number of likely N-dealkylation sites (tertiary alicyclic amines) is 1. The maximum atomic E-state index is 13.1. The molecule has 7 heteroatoms. The van der Waals surface area contributed by atoms with E-state index in [9.17, 15) is 9.18 Å². The van der Waals surface area contributed by atoms with Crippen molar-refractivity contribution in [3.63, 3.8) is 0 Å². The molecule has 0 saturated carbocycles. The van der Waals surface area contributed by atoms with Crippen molar-refractivity contribution in [2.45, 2.75) is 19.3 Å². The van der Waals surface area contributed by atoms with Crippen molar-refractivity contribution < 1.29 is 18.7 Å². The van der Waals surface area contributed by atoms with Gasteiger partial charge < -0.3 is 24.6 Å². The summed E-state index contributed by atoms with van der Waals surface area (Å²) in [6.45, 7) is 3.65. The molecule has 0 bridgehead atoms. The molecule has 1 aliphatic rings. The van der Waals surface area contributed by atoms with Crippen LogP contribution in [0.2, 0.25) is 0 Å². The van der Waals surface area contributed by atoms with Gasteiger partial charge in [0.05, 0.1) is 19.9 Å². The molecule has 1 aliphatic heterocycles. The zero-order valence-electron chi connectivity index (χ0n) is 18.6.